The number of hydrogen-bond donors (Lipinski definition) is 0. The molecular formula is C31H37BrClN5O. The quantitative estimate of drug-likeness (QED) is 0.370. The maximum absolute atomic E-state index is 14.1. The molecule has 39 heavy (non-hydrogen) atoms. The second-order valence-corrected chi connectivity index (χ2v) is 13.1. The van der Waals surface area contributed by atoms with E-state index >= 15 is 0 Å². The lowest BCUT2D eigenvalue weighted by Crippen LogP contribution is -2.54. The summed E-state index contributed by atoms with van der Waals surface area (Å²) in [4.78, 5) is 27.8. The van der Waals surface area contributed by atoms with Gasteiger partial charge in [-0.25, -0.2) is 4.98 Å². The Kier molecular flexibility index (Phi) is 7.84. The number of imidazole rings is 1. The van der Waals surface area contributed by atoms with Crippen LogP contribution in [0.4, 0.5) is 0 Å². The summed E-state index contributed by atoms with van der Waals surface area (Å²) in [7, 11) is 2.12. The van der Waals surface area contributed by atoms with Crippen LogP contribution in [0.3, 0.4) is 0 Å². The molecule has 3 aliphatic rings. The summed E-state index contributed by atoms with van der Waals surface area (Å²) < 4.78 is 3.24. The molecule has 3 aromatic rings. The zero-order valence-electron chi connectivity index (χ0n) is 22.8. The van der Waals surface area contributed by atoms with Gasteiger partial charge < -0.3 is 9.47 Å². The number of aryl methyl sites for hydroxylation is 3. The standard InChI is InChI=1S/C31H37BrClN5O/c1-20-15-34-19-38(20)18-21-4-3-10-37(17-21)31(39)28-14-23(9-11-36(28)2)29-27-8-7-26(33)13-22(27)5-6-24-12-25(32)16-35-30(24)29/h7-8,12-13,15-16,19,21,23,28-29H,3-6,9-11,14,17-18H2,1-2H3/t21?,23?,28?,29-/m0/s1. The number of piperidine rings is 2. The average molecular weight is 611 g/mol. The van der Waals surface area contributed by atoms with Gasteiger partial charge in [-0.05, 0) is 122 Å². The summed E-state index contributed by atoms with van der Waals surface area (Å²) >= 11 is 10.1. The summed E-state index contributed by atoms with van der Waals surface area (Å²) in [5, 5.41) is 0.787. The van der Waals surface area contributed by atoms with E-state index < -0.39 is 0 Å². The minimum Gasteiger partial charge on any atom is -0.341 e. The van der Waals surface area contributed by atoms with Gasteiger partial charge in [0.15, 0.2) is 0 Å². The van der Waals surface area contributed by atoms with Gasteiger partial charge in [-0.1, -0.05) is 17.7 Å². The van der Waals surface area contributed by atoms with Gasteiger partial charge in [0.05, 0.1) is 18.1 Å². The zero-order chi connectivity index (χ0) is 27.1. The van der Waals surface area contributed by atoms with E-state index in [-0.39, 0.29) is 12.0 Å². The Balaban J connectivity index is 1.25. The largest absolute Gasteiger partial charge is 0.341 e. The smallest absolute Gasteiger partial charge is 0.239 e. The molecule has 0 spiro atoms. The zero-order valence-corrected chi connectivity index (χ0v) is 25.2. The lowest BCUT2D eigenvalue weighted by atomic mass is 9.74. The highest BCUT2D eigenvalue weighted by Gasteiger charge is 2.41. The molecule has 2 saturated heterocycles. The number of nitrogens with zero attached hydrogens (tertiary/aromatic N) is 5. The first-order valence-corrected chi connectivity index (χ1v) is 15.4. The van der Waals surface area contributed by atoms with E-state index in [4.69, 9.17) is 16.6 Å². The highest BCUT2D eigenvalue weighted by atomic mass is 79.9. The molecule has 0 bridgehead atoms. The van der Waals surface area contributed by atoms with Gasteiger partial charge in [-0.2, -0.15) is 0 Å². The molecule has 1 aromatic carbocycles. The molecule has 4 atom stereocenters. The molecule has 2 fully saturated rings. The summed E-state index contributed by atoms with van der Waals surface area (Å²) in [6.07, 6.45) is 11.8. The van der Waals surface area contributed by atoms with Crippen LogP contribution in [0.1, 0.15) is 59.7 Å². The third-order valence-electron chi connectivity index (χ3n) is 9.24. The summed E-state index contributed by atoms with van der Waals surface area (Å²) in [5.41, 5.74) is 6.31. The number of likely N-dealkylation sites (N-methyl/N-ethyl adjacent to an activating group) is 1. The molecule has 206 valence electrons. The van der Waals surface area contributed by atoms with E-state index in [9.17, 15) is 4.79 Å². The fourth-order valence-corrected chi connectivity index (χ4v) is 7.72. The number of fused-ring (bicyclic) bond motifs is 2. The Morgan fingerprint density at radius 3 is 2.79 bits per heavy atom. The van der Waals surface area contributed by atoms with Gasteiger partial charge in [0.25, 0.3) is 0 Å². The normalized spacial score (nSPS) is 25.6. The number of aromatic nitrogens is 3. The lowest BCUT2D eigenvalue weighted by Gasteiger charge is -2.43. The van der Waals surface area contributed by atoms with Gasteiger partial charge in [-0.3, -0.25) is 14.7 Å². The highest BCUT2D eigenvalue weighted by Crippen LogP contribution is 2.44. The van der Waals surface area contributed by atoms with Crippen LogP contribution in [-0.2, 0) is 24.2 Å². The molecule has 6 rings (SSSR count). The topological polar surface area (TPSA) is 54.3 Å². The fourth-order valence-electron chi connectivity index (χ4n) is 7.14. The number of rotatable bonds is 4. The van der Waals surface area contributed by atoms with Crippen molar-refractivity contribution in [3.63, 3.8) is 0 Å². The Bertz CT molecular complexity index is 1300. The van der Waals surface area contributed by atoms with Crippen LogP contribution in [-0.4, -0.2) is 63.0 Å². The maximum atomic E-state index is 14.1. The van der Waals surface area contributed by atoms with Crippen LogP contribution < -0.4 is 0 Å². The number of carbonyl (C=O) groups excluding carboxylic acids is 1. The minimum absolute atomic E-state index is 0.101. The van der Waals surface area contributed by atoms with Crippen molar-refractivity contribution in [2.45, 2.75) is 64.0 Å². The van der Waals surface area contributed by atoms with Crippen LogP contribution in [0.15, 0.2) is 47.5 Å². The first-order valence-electron chi connectivity index (χ1n) is 14.3. The number of carbonyl (C=O) groups is 1. The van der Waals surface area contributed by atoms with Crippen LogP contribution >= 0.6 is 27.5 Å². The van der Waals surface area contributed by atoms with Crippen LogP contribution in [0.2, 0.25) is 5.02 Å². The third-order valence-corrected chi connectivity index (χ3v) is 9.91. The Morgan fingerprint density at radius 1 is 1.13 bits per heavy atom. The van der Waals surface area contributed by atoms with E-state index in [1.165, 1.54) is 28.1 Å². The van der Waals surface area contributed by atoms with Crippen LogP contribution in [0.5, 0.6) is 0 Å². The first kappa shape index (κ1) is 27.0. The monoisotopic (exact) mass is 609 g/mol. The van der Waals surface area contributed by atoms with Crippen molar-refractivity contribution in [2.75, 3.05) is 26.7 Å². The van der Waals surface area contributed by atoms with Crippen molar-refractivity contribution in [3.05, 3.63) is 80.6 Å². The highest BCUT2D eigenvalue weighted by molar-refractivity contribution is 9.10. The molecule has 2 aromatic heterocycles. The molecule has 0 N–H and O–H groups in total. The second kappa shape index (κ2) is 11.3. The van der Waals surface area contributed by atoms with Crippen molar-refractivity contribution in [1.82, 2.24) is 24.3 Å². The van der Waals surface area contributed by atoms with Crippen molar-refractivity contribution >= 4 is 33.4 Å². The Morgan fingerprint density at radius 2 is 1.97 bits per heavy atom. The molecular weight excluding hydrogens is 574 g/mol. The van der Waals surface area contributed by atoms with Gasteiger partial charge in [-0.15, -0.1) is 0 Å². The number of halogens is 2. The predicted molar refractivity (Wildman–Crippen MR) is 158 cm³/mol. The predicted octanol–water partition coefficient (Wildman–Crippen LogP) is 5.88. The van der Waals surface area contributed by atoms with E-state index in [0.717, 1.165) is 74.2 Å². The van der Waals surface area contributed by atoms with Gasteiger partial charge in [0, 0.05) is 53.1 Å². The number of amides is 1. The summed E-state index contributed by atoms with van der Waals surface area (Å²) in [5.74, 6) is 1.27. The summed E-state index contributed by atoms with van der Waals surface area (Å²) in [6, 6.07) is 8.50. The van der Waals surface area contributed by atoms with Gasteiger partial charge in [0.1, 0.15) is 0 Å². The first-order chi connectivity index (χ1) is 18.9. The molecule has 6 nitrogen and oxygen atoms in total. The maximum Gasteiger partial charge on any atom is 0.239 e. The van der Waals surface area contributed by atoms with Crippen molar-refractivity contribution in [1.29, 1.82) is 0 Å². The molecule has 1 aliphatic carbocycles. The van der Waals surface area contributed by atoms with E-state index in [0.29, 0.717) is 17.7 Å². The lowest BCUT2D eigenvalue weighted by molar-refractivity contribution is -0.140. The second-order valence-electron chi connectivity index (χ2n) is 11.8. The van der Waals surface area contributed by atoms with Crippen molar-refractivity contribution in [2.24, 2.45) is 11.8 Å². The third kappa shape index (κ3) is 5.55. The number of likely N-dealkylation sites (tertiary alicyclic amines) is 2. The fraction of sp³-hybridized carbons (Fsp3) is 0.516. The Hall–Kier alpha value is -2.22. The number of hydrogen-bond acceptors (Lipinski definition) is 4. The summed E-state index contributed by atoms with van der Waals surface area (Å²) in [6.45, 7) is 5.63. The molecule has 1 amide bonds. The molecule has 2 aliphatic heterocycles. The molecule has 8 heteroatoms. The molecule has 4 heterocycles. The van der Waals surface area contributed by atoms with Gasteiger partial charge in [0.2, 0.25) is 5.91 Å². The number of pyridine rings is 1. The van der Waals surface area contributed by atoms with Crippen LogP contribution in [0.25, 0.3) is 0 Å². The minimum atomic E-state index is -0.101. The van der Waals surface area contributed by atoms with Crippen LogP contribution in [0, 0.1) is 18.8 Å². The molecule has 0 radical (unpaired) electrons. The van der Waals surface area contributed by atoms with E-state index in [2.05, 4.69) is 67.5 Å². The average Bonchev–Trinajstić information content (AvgIpc) is 3.26. The molecule has 0 saturated carbocycles. The van der Waals surface area contributed by atoms with E-state index in [1.54, 1.807) is 0 Å². The van der Waals surface area contributed by atoms with E-state index in [1.807, 2.05) is 24.8 Å². The SMILES string of the molecule is Cc1cncn1CC1CCCN(C(=O)C2CC([C@H]3c4ccc(Cl)cc4CCc4cc(Br)cnc43)CCN2C)C1. The van der Waals surface area contributed by atoms with Crippen molar-refractivity contribution in [3.8, 4) is 0 Å². The Labute approximate surface area is 244 Å². The molecule has 3 unspecified atom stereocenters. The van der Waals surface area contributed by atoms with Gasteiger partial charge >= 0.3 is 0 Å². The number of benzene rings is 1. The van der Waals surface area contributed by atoms with Crippen molar-refractivity contribution < 1.29 is 4.79 Å².